The van der Waals surface area contributed by atoms with Crippen LogP contribution in [0.2, 0.25) is 0 Å². The maximum atomic E-state index is 3.58. The standard InChI is InChI=1S/C14H19BrN2S/c1-3-4-13(16-2)11-5-7-17(9-11)10-14-12(15)6-8-18-14/h5-9,13,16H,3-4,10H2,1-2H3. The van der Waals surface area contributed by atoms with E-state index in [-0.39, 0.29) is 0 Å². The topological polar surface area (TPSA) is 17.0 Å². The summed E-state index contributed by atoms with van der Waals surface area (Å²) < 4.78 is 3.47. The Bertz CT molecular complexity index is 489. The Balaban J connectivity index is 2.08. The summed E-state index contributed by atoms with van der Waals surface area (Å²) >= 11 is 5.38. The van der Waals surface area contributed by atoms with Crippen LogP contribution in [-0.2, 0) is 6.54 Å². The van der Waals surface area contributed by atoms with Crippen molar-refractivity contribution in [3.05, 3.63) is 44.8 Å². The smallest absolute Gasteiger partial charge is 0.0574 e. The zero-order valence-corrected chi connectivity index (χ0v) is 13.2. The molecule has 1 N–H and O–H groups in total. The van der Waals surface area contributed by atoms with Gasteiger partial charge in [0.2, 0.25) is 0 Å². The molecule has 1 atom stereocenters. The van der Waals surface area contributed by atoms with E-state index in [1.54, 1.807) is 11.3 Å². The molecule has 0 saturated carbocycles. The minimum atomic E-state index is 0.475. The monoisotopic (exact) mass is 326 g/mol. The van der Waals surface area contributed by atoms with Gasteiger partial charge in [0.15, 0.2) is 0 Å². The molecule has 0 radical (unpaired) electrons. The Morgan fingerprint density at radius 2 is 2.28 bits per heavy atom. The zero-order chi connectivity index (χ0) is 13.0. The average Bonchev–Trinajstić information content (AvgIpc) is 2.97. The number of hydrogen-bond donors (Lipinski definition) is 1. The van der Waals surface area contributed by atoms with Crippen molar-refractivity contribution in [1.82, 2.24) is 9.88 Å². The van der Waals surface area contributed by atoms with E-state index in [9.17, 15) is 0 Å². The molecule has 4 heteroatoms. The molecule has 2 nitrogen and oxygen atoms in total. The van der Waals surface area contributed by atoms with Gasteiger partial charge < -0.3 is 9.88 Å². The van der Waals surface area contributed by atoms with Crippen LogP contribution in [0.3, 0.4) is 0 Å². The number of rotatable bonds is 6. The van der Waals surface area contributed by atoms with Gasteiger partial charge in [0.1, 0.15) is 0 Å². The van der Waals surface area contributed by atoms with Crippen molar-refractivity contribution in [3.63, 3.8) is 0 Å². The third-order valence-electron chi connectivity index (χ3n) is 3.12. The molecule has 0 amide bonds. The number of halogens is 1. The molecule has 2 heterocycles. The first-order valence-electron chi connectivity index (χ1n) is 6.29. The van der Waals surface area contributed by atoms with E-state index < -0.39 is 0 Å². The van der Waals surface area contributed by atoms with E-state index in [2.05, 4.69) is 62.6 Å². The predicted molar refractivity (Wildman–Crippen MR) is 82.3 cm³/mol. The van der Waals surface area contributed by atoms with Gasteiger partial charge in [-0.2, -0.15) is 0 Å². The van der Waals surface area contributed by atoms with Gasteiger partial charge in [-0.1, -0.05) is 13.3 Å². The SMILES string of the molecule is CCCC(NC)c1ccn(Cc2sccc2Br)c1. The predicted octanol–water partition coefficient (Wildman–Crippen LogP) is 4.42. The fourth-order valence-electron chi connectivity index (χ4n) is 2.13. The Hall–Kier alpha value is -0.580. The highest BCUT2D eigenvalue weighted by Crippen LogP contribution is 2.25. The number of aromatic nitrogens is 1. The van der Waals surface area contributed by atoms with E-state index in [1.165, 1.54) is 27.8 Å². The molecule has 1 unspecified atom stereocenters. The van der Waals surface area contributed by atoms with E-state index >= 15 is 0 Å². The van der Waals surface area contributed by atoms with Crippen LogP contribution in [0, 0.1) is 0 Å². The van der Waals surface area contributed by atoms with Crippen molar-refractivity contribution >= 4 is 27.3 Å². The Morgan fingerprint density at radius 1 is 1.44 bits per heavy atom. The highest BCUT2D eigenvalue weighted by atomic mass is 79.9. The van der Waals surface area contributed by atoms with Gasteiger partial charge in [-0.25, -0.2) is 0 Å². The highest BCUT2D eigenvalue weighted by Gasteiger charge is 2.10. The fourth-order valence-corrected chi connectivity index (χ4v) is 3.62. The van der Waals surface area contributed by atoms with Gasteiger partial charge >= 0.3 is 0 Å². The number of thiophene rings is 1. The summed E-state index contributed by atoms with van der Waals surface area (Å²) in [6.07, 6.45) is 6.81. The molecule has 2 aromatic rings. The fraction of sp³-hybridized carbons (Fsp3) is 0.429. The van der Waals surface area contributed by atoms with Crippen LogP contribution >= 0.6 is 27.3 Å². The minimum absolute atomic E-state index is 0.475. The molecule has 0 aliphatic carbocycles. The molecule has 0 aliphatic rings. The van der Waals surface area contributed by atoms with Crippen molar-refractivity contribution in [3.8, 4) is 0 Å². The molecule has 2 rings (SSSR count). The van der Waals surface area contributed by atoms with Crippen LogP contribution < -0.4 is 5.32 Å². The number of hydrogen-bond acceptors (Lipinski definition) is 2. The third kappa shape index (κ3) is 3.25. The molecule has 0 spiro atoms. The lowest BCUT2D eigenvalue weighted by Crippen LogP contribution is -2.15. The maximum Gasteiger partial charge on any atom is 0.0574 e. The average molecular weight is 327 g/mol. The first-order valence-corrected chi connectivity index (χ1v) is 7.96. The summed E-state index contributed by atoms with van der Waals surface area (Å²) in [6, 6.07) is 4.80. The molecular formula is C14H19BrN2S. The number of nitrogens with one attached hydrogen (secondary N) is 1. The maximum absolute atomic E-state index is 3.58. The van der Waals surface area contributed by atoms with E-state index in [0.717, 1.165) is 6.54 Å². The Labute approximate surface area is 121 Å². The van der Waals surface area contributed by atoms with Crippen LogP contribution in [-0.4, -0.2) is 11.6 Å². The van der Waals surface area contributed by atoms with Crippen LogP contribution in [0.4, 0.5) is 0 Å². The second kappa shape index (κ2) is 6.55. The van der Waals surface area contributed by atoms with Crippen molar-refractivity contribution in [2.45, 2.75) is 32.4 Å². The largest absolute Gasteiger partial charge is 0.349 e. The van der Waals surface area contributed by atoms with Crippen molar-refractivity contribution in [2.24, 2.45) is 0 Å². The first-order chi connectivity index (χ1) is 8.74. The quantitative estimate of drug-likeness (QED) is 0.831. The second-order valence-corrected chi connectivity index (χ2v) is 6.29. The van der Waals surface area contributed by atoms with Gasteiger partial charge in [0.25, 0.3) is 0 Å². The molecule has 18 heavy (non-hydrogen) atoms. The molecular weight excluding hydrogens is 308 g/mol. The van der Waals surface area contributed by atoms with E-state index in [1.807, 2.05) is 7.05 Å². The van der Waals surface area contributed by atoms with Gasteiger partial charge in [-0.15, -0.1) is 11.3 Å². The number of nitrogens with zero attached hydrogens (tertiary/aromatic N) is 1. The molecule has 0 fully saturated rings. The minimum Gasteiger partial charge on any atom is -0.349 e. The normalized spacial score (nSPS) is 12.8. The van der Waals surface area contributed by atoms with E-state index in [0.29, 0.717) is 6.04 Å². The van der Waals surface area contributed by atoms with Gasteiger partial charge in [-0.3, -0.25) is 0 Å². The van der Waals surface area contributed by atoms with E-state index in [4.69, 9.17) is 0 Å². The molecule has 2 aromatic heterocycles. The summed E-state index contributed by atoms with van der Waals surface area (Å²) in [4.78, 5) is 1.37. The van der Waals surface area contributed by atoms with Crippen molar-refractivity contribution in [1.29, 1.82) is 0 Å². The molecule has 0 aromatic carbocycles. The zero-order valence-electron chi connectivity index (χ0n) is 10.8. The van der Waals surface area contributed by atoms with Crippen LogP contribution in [0.5, 0.6) is 0 Å². The second-order valence-electron chi connectivity index (χ2n) is 4.44. The summed E-state index contributed by atoms with van der Waals surface area (Å²) in [6.45, 7) is 3.17. The van der Waals surface area contributed by atoms with Gasteiger partial charge in [0, 0.05) is 27.8 Å². The summed E-state index contributed by atoms with van der Waals surface area (Å²) in [5, 5.41) is 5.51. The Morgan fingerprint density at radius 3 is 2.89 bits per heavy atom. The van der Waals surface area contributed by atoms with Crippen molar-refractivity contribution < 1.29 is 0 Å². The summed E-state index contributed by atoms with van der Waals surface area (Å²) in [5.41, 5.74) is 1.38. The summed E-state index contributed by atoms with van der Waals surface area (Å²) in [7, 11) is 2.04. The van der Waals surface area contributed by atoms with Gasteiger partial charge in [0.05, 0.1) is 6.54 Å². The van der Waals surface area contributed by atoms with Crippen molar-refractivity contribution in [2.75, 3.05) is 7.05 Å². The Kier molecular flexibility index (Phi) is 5.03. The third-order valence-corrected chi connectivity index (χ3v) is 5.03. The van der Waals surface area contributed by atoms with Crippen LogP contribution in [0.25, 0.3) is 0 Å². The molecule has 0 aliphatic heterocycles. The van der Waals surface area contributed by atoms with Crippen LogP contribution in [0.1, 0.15) is 36.2 Å². The molecule has 0 saturated heterocycles. The lowest BCUT2D eigenvalue weighted by Gasteiger charge is -2.13. The van der Waals surface area contributed by atoms with Crippen LogP contribution in [0.15, 0.2) is 34.4 Å². The lowest BCUT2D eigenvalue weighted by atomic mass is 10.1. The molecule has 0 bridgehead atoms. The van der Waals surface area contributed by atoms with Gasteiger partial charge in [-0.05, 0) is 52.5 Å². The summed E-state index contributed by atoms with van der Waals surface area (Å²) in [5.74, 6) is 0. The molecule has 98 valence electrons. The first kappa shape index (κ1) is 13.8. The lowest BCUT2D eigenvalue weighted by molar-refractivity contribution is 0.540. The highest BCUT2D eigenvalue weighted by molar-refractivity contribution is 9.10.